The zero-order chi connectivity index (χ0) is 24.5. The van der Waals surface area contributed by atoms with Gasteiger partial charge in [-0.25, -0.2) is 4.98 Å². The lowest BCUT2D eigenvalue weighted by molar-refractivity contribution is 0.0982. The van der Waals surface area contributed by atoms with Crippen molar-refractivity contribution >= 4 is 57.9 Å². The van der Waals surface area contributed by atoms with Gasteiger partial charge in [-0.15, -0.1) is 0 Å². The Bertz CT molecular complexity index is 1220. The van der Waals surface area contributed by atoms with Crippen LogP contribution in [-0.4, -0.2) is 67.0 Å². The van der Waals surface area contributed by atoms with E-state index < -0.39 is 0 Å². The minimum absolute atomic E-state index is 0.0787. The number of piperazine rings is 1. The number of hydrogen-bond acceptors (Lipinski definition) is 8. The van der Waals surface area contributed by atoms with Crippen LogP contribution in [0.2, 0.25) is 10.0 Å². The lowest BCUT2D eigenvalue weighted by atomic mass is 10.2. The van der Waals surface area contributed by atoms with Gasteiger partial charge in [0.25, 0.3) is 5.91 Å². The molecule has 1 saturated heterocycles. The predicted molar refractivity (Wildman–Crippen MR) is 139 cm³/mol. The number of anilines is 5. The number of halogens is 2. The molecule has 2 aliphatic heterocycles. The second-order valence-corrected chi connectivity index (χ2v) is 9.34. The summed E-state index contributed by atoms with van der Waals surface area (Å²) < 4.78 is 0. The molecule has 0 saturated carbocycles. The third-order valence-corrected chi connectivity index (χ3v) is 6.74. The summed E-state index contributed by atoms with van der Waals surface area (Å²) in [4.78, 5) is 27.8. The van der Waals surface area contributed by atoms with E-state index in [0.29, 0.717) is 33.1 Å². The van der Waals surface area contributed by atoms with Crippen molar-refractivity contribution in [1.82, 2.24) is 15.3 Å². The summed E-state index contributed by atoms with van der Waals surface area (Å²) in [6.07, 6.45) is 1.52. The van der Waals surface area contributed by atoms with E-state index in [1.807, 2.05) is 36.2 Å². The molecule has 3 aromatic rings. The van der Waals surface area contributed by atoms with Crippen LogP contribution >= 0.6 is 23.2 Å². The van der Waals surface area contributed by atoms with Crippen LogP contribution in [0.3, 0.4) is 0 Å². The Morgan fingerprint density at radius 3 is 2.63 bits per heavy atom. The van der Waals surface area contributed by atoms with Gasteiger partial charge in [-0.3, -0.25) is 9.69 Å². The predicted octanol–water partition coefficient (Wildman–Crippen LogP) is 3.35. The maximum Gasteiger partial charge on any atom is 0.265 e. The van der Waals surface area contributed by atoms with Crippen molar-refractivity contribution in [3.05, 3.63) is 64.3 Å². The molecule has 1 aromatic heterocycles. The van der Waals surface area contributed by atoms with Gasteiger partial charge in [0, 0.05) is 50.3 Å². The van der Waals surface area contributed by atoms with Crippen LogP contribution < -0.4 is 25.3 Å². The van der Waals surface area contributed by atoms with Crippen LogP contribution in [0.25, 0.3) is 0 Å². The van der Waals surface area contributed by atoms with Crippen molar-refractivity contribution in [2.24, 2.45) is 0 Å². The fourth-order valence-electron chi connectivity index (χ4n) is 4.35. The van der Waals surface area contributed by atoms with Gasteiger partial charge in [-0.05, 0) is 36.4 Å². The van der Waals surface area contributed by atoms with Gasteiger partial charge >= 0.3 is 0 Å². The van der Waals surface area contributed by atoms with Gasteiger partial charge in [-0.1, -0.05) is 29.3 Å². The Morgan fingerprint density at radius 1 is 1.17 bits per heavy atom. The van der Waals surface area contributed by atoms with E-state index in [2.05, 4.69) is 25.5 Å². The summed E-state index contributed by atoms with van der Waals surface area (Å²) in [5.41, 5.74) is 2.76. The monoisotopic (exact) mass is 513 g/mol. The van der Waals surface area contributed by atoms with E-state index in [0.717, 1.165) is 31.0 Å². The lowest BCUT2D eigenvalue weighted by Crippen LogP contribution is -2.52. The minimum atomic E-state index is -0.263. The van der Waals surface area contributed by atoms with E-state index in [1.54, 1.807) is 18.2 Å². The summed E-state index contributed by atoms with van der Waals surface area (Å²) in [6.45, 7) is 2.84. The topological polar surface area (TPSA) is 96.9 Å². The zero-order valence-electron chi connectivity index (χ0n) is 19.1. The number of para-hydroxylation sites is 1. The highest BCUT2D eigenvalue weighted by atomic mass is 35.5. The van der Waals surface area contributed by atoms with E-state index in [-0.39, 0.29) is 25.2 Å². The number of nitrogens with zero attached hydrogens (tertiary/aromatic N) is 5. The molecule has 182 valence electrons. The van der Waals surface area contributed by atoms with Gasteiger partial charge in [0.15, 0.2) is 0 Å². The normalized spacial score (nSPS) is 18.0. The highest BCUT2D eigenvalue weighted by molar-refractivity contribution is 6.40. The number of carbonyl (C=O) groups excluding carboxylic acids is 1. The molecular weight excluding hydrogens is 489 g/mol. The summed E-state index contributed by atoms with van der Waals surface area (Å²) in [7, 11) is 1.85. The molecule has 2 aliphatic rings. The van der Waals surface area contributed by atoms with Gasteiger partial charge < -0.3 is 25.5 Å². The number of benzene rings is 2. The van der Waals surface area contributed by atoms with Gasteiger partial charge in [-0.2, -0.15) is 4.98 Å². The molecule has 3 N–H and O–H groups in total. The number of amides is 1. The fraction of sp³-hybridized carbons (Fsp3) is 0.292. The highest BCUT2D eigenvalue weighted by Gasteiger charge is 2.32. The first-order valence-electron chi connectivity index (χ1n) is 11.2. The summed E-state index contributed by atoms with van der Waals surface area (Å²) in [6, 6.07) is 13.2. The quantitative estimate of drug-likeness (QED) is 0.477. The summed E-state index contributed by atoms with van der Waals surface area (Å²) >= 11 is 12.7. The second-order valence-electron chi connectivity index (χ2n) is 8.53. The average Bonchev–Trinajstić information content (AvgIpc) is 2.87. The molecule has 1 atom stereocenters. The molecule has 0 radical (unpaired) electrons. The smallest absolute Gasteiger partial charge is 0.265 e. The average molecular weight is 514 g/mol. The molecule has 0 aliphatic carbocycles. The molecule has 3 heterocycles. The maximum atomic E-state index is 13.2. The van der Waals surface area contributed by atoms with Crippen LogP contribution in [0.4, 0.5) is 28.8 Å². The summed E-state index contributed by atoms with van der Waals surface area (Å²) in [5, 5.41) is 16.7. The SMILES string of the molecule is CN1CN(c2c(Cl)cccc2Cl)C(=O)c2cnc(Nc3ccc(N4CCN[C@@H](CO)C4)cc3)nc21. The van der Waals surface area contributed by atoms with E-state index >= 15 is 0 Å². The van der Waals surface area contributed by atoms with Gasteiger partial charge in [0.1, 0.15) is 11.4 Å². The molecular formula is C24H25Cl2N7O2. The van der Waals surface area contributed by atoms with Crippen LogP contribution in [0.5, 0.6) is 0 Å². The molecule has 9 nitrogen and oxygen atoms in total. The van der Waals surface area contributed by atoms with Crippen LogP contribution in [0.15, 0.2) is 48.7 Å². The third-order valence-electron chi connectivity index (χ3n) is 6.13. The zero-order valence-corrected chi connectivity index (χ0v) is 20.6. The Labute approximate surface area is 213 Å². The standard InChI is InChI=1S/C24H25Cl2N7O2/c1-31-14-33(21-19(25)3-2-4-20(21)26)23(35)18-11-28-24(30-22(18)31)29-15-5-7-17(8-6-15)32-10-9-27-16(12-32)13-34/h2-8,11,16,27,34H,9-10,12-14H2,1H3,(H,28,29,30)/t16-/m1/s1. The first-order valence-corrected chi connectivity index (χ1v) is 12.0. The number of rotatable bonds is 5. The first kappa shape index (κ1) is 23.6. The Hall–Kier alpha value is -3.11. The van der Waals surface area contributed by atoms with Crippen molar-refractivity contribution in [2.45, 2.75) is 6.04 Å². The minimum Gasteiger partial charge on any atom is -0.395 e. The molecule has 0 bridgehead atoms. The number of aliphatic hydroxyl groups excluding tert-OH is 1. The van der Waals surface area contributed by atoms with E-state index in [4.69, 9.17) is 23.2 Å². The van der Waals surface area contributed by atoms with Crippen molar-refractivity contribution in [3.8, 4) is 0 Å². The Balaban J connectivity index is 1.33. The van der Waals surface area contributed by atoms with E-state index in [1.165, 1.54) is 11.1 Å². The number of nitrogens with one attached hydrogen (secondary N) is 2. The van der Waals surface area contributed by atoms with Crippen molar-refractivity contribution in [3.63, 3.8) is 0 Å². The second kappa shape index (κ2) is 9.87. The molecule has 0 unspecified atom stereocenters. The molecule has 5 rings (SSSR count). The Morgan fingerprint density at radius 2 is 1.91 bits per heavy atom. The largest absolute Gasteiger partial charge is 0.395 e. The van der Waals surface area contributed by atoms with Gasteiger partial charge in [0.2, 0.25) is 5.95 Å². The fourth-order valence-corrected chi connectivity index (χ4v) is 4.95. The molecule has 11 heteroatoms. The summed E-state index contributed by atoms with van der Waals surface area (Å²) in [5.74, 6) is 0.656. The molecule has 1 fully saturated rings. The number of aliphatic hydroxyl groups is 1. The first-order chi connectivity index (χ1) is 16.9. The van der Waals surface area contributed by atoms with Crippen molar-refractivity contribution in [1.29, 1.82) is 0 Å². The number of carbonyl (C=O) groups is 1. The van der Waals surface area contributed by atoms with Crippen molar-refractivity contribution in [2.75, 3.05) is 60.0 Å². The van der Waals surface area contributed by atoms with Crippen LogP contribution in [0.1, 0.15) is 10.4 Å². The molecule has 2 aromatic carbocycles. The number of aromatic nitrogens is 2. The van der Waals surface area contributed by atoms with Crippen LogP contribution in [-0.2, 0) is 0 Å². The van der Waals surface area contributed by atoms with E-state index in [9.17, 15) is 9.90 Å². The number of fused-ring (bicyclic) bond motifs is 1. The number of hydrogen-bond donors (Lipinski definition) is 3. The van der Waals surface area contributed by atoms with Crippen LogP contribution in [0, 0.1) is 0 Å². The third kappa shape index (κ3) is 4.72. The highest BCUT2D eigenvalue weighted by Crippen LogP contribution is 2.37. The maximum absolute atomic E-state index is 13.2. The molecule has 35 heavy (non-hydrogen) atoms. The Kier molecular flexibility index (Phi) is 6.66. The molecule has 1 amide bonds. The van der Waals surface area contributed by atoms with Crippen molar-refractivity contribution < 1.29 is 9.90 Å². The lowest BCUT2D eigenvalue weighted by Gasteiger charge is -2.35. The molecule has 0 spiro atoms. The van der Waals surface area contributed by atoms with Gasteiger partial charge in [0.05, 0.1) is 29.0 Å².